The Kier molecular flexibility index (Phi) is 4.41. The Labute approximate surface area is 124 Å². The average molecular weight is 306 g/mol. The molecule has 2 aromatic rings. The van der Waals surface area contributed by atoms with E-state index in [0.717, 1.165) is 11.1 Å². The molecular formula is C15H18N2O3S. The van der Waals surface area contributed by atoms with Crippen molar-refractivity contribution in [3.8, 4) is 11.1 Å². The zero-order valence-electron chi connectivity index (χ0n) is 11.9. The summed E-state index contributed by atoms with van der Waals surface area (Å²) >= 11 is 0. The number of aromatic nitrogens is 1. The van der Waals surface area contributed by atoms with Gasteiger partial charge in [-0.05, 0) is 49.2 Å². The summed E-state index contributed by atoms with van der Waals surface area (Å²) < 4.78 is 26.9. The van der Waals surface area contributed by atoms with Gasteiger partial charge in [0.1, 0.15) is 0 Å². The van der Waals surface area contributed by atoms with Crippen LogP contribution in [0.1, 0.15) is 13.8 Å². The Morgan fingerprint density at radius 1 is 1.05 bits per heavy atom. The van der Waals surface area contributed by atoms with E-state index in [-0.39, 0.29) is 11.5 Å². The van der Waals surface area contributed by atoms with Crippen LogP contribution in [0.5, 0.6) is 0 Å². The number of hydrogen-bond acceptors (Lipinski definition) is 4. The highest BCUT2D eigenvalue weighted by Gasteiger charge is 2.25. The third-order valence-corrected chi connectivity index (χ3v) is 4.70. The van der Waals surface area contributed by atoms with E-state index in [4.69, 9.17) is 5.11 Å². The largest absolute Gasteiger partial charge is 0.394 e. The summed E-state index contributed by atoms with van der Waals surface area (Å²) in [7, 11) is -3.65. The molecule has 2 rings (SSSR count). The maximum absolute atomic E-state index is 12.2. The van der Waals surface area contributed by atoms with Crippen LogP contribution in [0.25, 0.3) is 11.1 Å². The third-order valence-electron chi connectivity index (χ3n) is 2.98. The summed E-state index contributed by atoms with van der Waals surface area (Å²) in [6.45, 7) is 2.97. The first-order chi connectivity index (χ1) is 9.84. The Hall–Kier alpha value is -1.76. The van der Waals surface area contributed by atoms with E-state index in [0.29, 0.717) is 0 Å². The Morgan fingerprint density at radius 2 is 1.57 bits per heavy atom. The minimum absolute atomic E-state index is 0.168. The molecule has 1 aromatic carbocycles. The lowest BCUT2D eigenvalue weighted by atomic mass is 10.1. The van der Waals surface area contributed by atoms with Crippen molar-refractivity contribution in [2.75, 3.05) is 6.61 Å². The van der Waals surface area contributed by atoms with E-state index >= 15 is 0 Å². The molecule has 1 heterocycles. The Balaban J connectivity index is 2.27. The van der Waals surface area contributed by atoms with Gasteiger partial charge in [-0.2, -0.15) is 0 Å². The molecule has 0 bridgehead atoms. The molecule has 0 spiro atoms. The van der Waals surface area contributed by atoms with Gasteiger partial charge in [0.25, 0.3) is 0 Å². The molecule has 0 fully saturated rings. The second kappa shape index (κ2) is 5.93. The van der Waals surface area contributed by atoms with Gasteiger partial charge in [0.05, 0.1) is 17.0 Å². The molecule has 0 saturated carbocycles. The monoisotopic (exact) mass is 306 g/mol. The molecule has 0 aliphatic rings. The van der Waals surface area contributed by atoms with Gasteiger partial charge in [-0.1, -0.05) is 12.1 Å². The first-order valence-electron chi connectivity index (χ1n) is 6.49. The molecule has 112 valence electrons. The van der Waals surface area contributed by atoms with Gasteiger partial charge in [0.15, 0.2) is 0 Å². The summed E-state index contributed by atoms with van der Waals surface area (Å²) in [5.41, 5.74) is 0.984. The van der Waals surface area contributed by atoms with Crippen LogP contribution in [-0.2, 0) is 10.0 Å². The maximum Gasteiger partial charge on any atom is 0.241 e. The second-order valence-electron chi connectivity index (χ2n) is 5.41. The van der Waals surface area contributed by atoms with E-state index in [1.807, 2.05) is 12.1 Å². The summed E-state index contributed by atoms with van der Waals surface area (Å²) in [6.07, 6.45) is 3.37. The number of nitrogens with one attached hydrogen (secondary N) is 1. The minimum Gasteiger partial charge on any atom is -0.394 e. The molecule has 0 aliphatic heterocycles. The Morgan fingerprint density at radius 3 is 2.10 bits per heavy atom. The summed E-state index contributed by atoms with van der Waals surface area (Å²) in [4.78, 5) is 4.12. The minimum atomic E-state index is -3.65. The molecule has 6 heteroatoms. The van der Waals surface area contributed by atoms with Crippen molar-refractivity contribution in [2.45, 2.75) is 24.3 Å². The molecule has 0 saturated heterocycles. The molecule has 0 radical (unpaired) electrons. The van der Waals surface area contributed by atoms with Gasteiger partial charge in [-0.3, -0.25) is 4.98 Å². The lowest BCUT2D eigenvalue weighted by Crippen LogP contribution is -2.46. The van der Waals surface area contributed by atoms with Crippen LogP contribution in [0.3, 0.4) is 0 Å². The number of pyridine rings is 1. The highest BCUT2D eigenvalue weighted by atomic mass is 32.2. The van der Waals surface area contributed by atoms with Gasteiger partial charge >= 0.3 is 0 Å². The first-order valence-corrected chi connectivity index (χ1v) is 7.98. The molecule has 5 nitrogen and oxygen atoms in total. The fourth-order valence-electron chi connectivity index (χ4n) is 1.83. The number of hydrogen-bond donors (Lipinski definition) is 2. The van der Waals surface area contributed by atoms with Crippen LogP contribution < -0.4 is 4.72 Å². The normalized spacial score (nSPS) is 12.3. The van der Waals surface area contributed by atoms with Crippen molar-refractivity contribution >= 4 is 10.0 Å². The van der Waals surface area contributed by atoms with E-state index < -0.39 is 15.6 Å². The van der Waals surface area contributed by atoms with Crippen LogP contribution in [0.4, 0.5) is 0 Å². The van der Waals surface area contributed by atoms with E-state index in [9.17, 15) is 8.42 Å². The molecule has 0 aliphatic carbocycles. The zero-order valence-corrected chi connectivity index (χ0v) is 12.8. The van der Waals surface area contributed by atoms with Crippen LogP contribution in [0.15, 0.2) is 53.7 Å². The number of aliphatic hydroxyl groups excluding tert-OH is 1. The van der Waals surface area contributed by atoms with Gasteiger partial charge in [-0.25, -0.2) is 13.1 Å². The predicted molar refractivity (Wildman–Crippen MR) is 81.2 cm³/mol. The number of aliphatic hydroxyl groups is 1. The van der Waals surface area contributed by atoms with Gasteiger partial charge < -0.3 is 5.11 Å². The molecule has 1 aromatic heterocycles. The number of sulfonamides is 1. The van der Waals surface area contributed by atoms with Crippen molar-refractivity contribution in [1.29, 1.82) is 0 Å². The van der Waals surface area contributed by atoms with Crippen LogP contribution in [-0.4, -0.2) is 30.7 Å². The van der Waals surface area contributed by atoms with E-state index in [2.05, 4.69) is 9.71 Å². The maximum atomic E-state index is 12.2. The van der Waals surface area contributed by atoms with E-state index in [1.165, 1.54) is 0 Å². The van der Waals surface area contributed by atoms with Crippen LogP contribution in [0.2, 0.25) is 0 Å². The molecule has 21 heavy (non-hydrogen) atoms. The van der Waals surface area contributed by atoms with Gasteiger partial charge in [0, 0.05) is 12.4 Å². The third kappa shape index (κ3) is 3.87. The lowest BCUT2D eigenvalue weighted by Gasteiger charge is -2.23. The SMILES string of the molecule is CC(C)(CO)NS(=O)(=O)c1ccc(-c2ccncc2)cc1. The first kappa shape index (κ1) is 15.6. The Bertz CT molecular complexity index is 695. The molecule has 0 amide bonds. The number of benzene rings is 1. The topological polar surface area (TPSA) is 79.3 Å². The van der Waals surface area contributed by atoms with Gasteiger partial charge in [0.2, 0.25) is 10.0 Å². The van der Waals surface area contributed by atoms with Crippen LogP contribution in [0, 0.1) is 0 Å². The fraction of sp³-hybridized carbons (Fsp3) is 0.267. The summed E-state index contributed by atoms with van der Waals surface area (Å²) in [6, 6.07) is 10.3. The van der Waals surface area contributed by atoms with Crippen molar-refractivity contribution in [2.24, 2.45) is 0 Å². The van der Waals surface area contributed by atoms with Crippen LogP contribution >= 0.6 is 0 Å². The molecule has 0 atom stereocenters. The molecular weight excluding hydrogens is 288 g/mol. The standard InChI is InChI=1S/C15H18N2O3S/c1-15(2,11-18)17-21(19,20)14-5-3-12(4-6-14)13-7-9-16-10-8-13/h3-10,17-18H,11H2,1-2H3. The highest BCUT2D eigenvalue weighted by molar-refractivity contribution is 7.89. The average Bonchev–Trinajstić information content (AvgIpc) is 2.47. The van der Waals surface area contributed by atoms with Crippen molar-refractivity contribution < 1.29 is 13.5 Å². The van der Waals surface area contributed by atoms with Crippen molar-refractivity contribution in [3.05, 3.63) is 48.8 Å². The second-order valence-corrected chi connectivity index (χ2v) is 7.09. The molecule has 0 unspecified atom stereocenters. The quantitative estimate of drug-likeness (QED) is 0.883. The fourth-order valence-corrected chi connectivity index (χ4v) is 3.23. The highest BCUT2D eigenvalue weighted by Crippen LogP contribution is 2.21. The summed E-state index contributed by atoms with van der Waals surface area (Å²) in [5.74, 6) is 0. The van der Waals surface area contributed by atoms with Gasteiger partial charge in [-0.15, -0.1) is 0 Å². The molecule has 2 N–H and O–H groups in total. The van der Waals surface area contributed by atoms with Crippen molar-refractivity contribution in [1.82, 2.24) is 9.71 Å². The van der Waals surface area contributed by atoms with Crippen molar-refractivity contribution in [3.63, 3.8) is 0 Å². The predicted octanol–water partition coefficient (Wildman–Crippen LogP) is 1.80. The number of rotatable bonds is 5. The van der Waals surface area contributed by atoms with E-state index in [1.54, 1.807) is 50.5 Å². The lowest BCUT2D eigenvalue weighted by molar-refractivity contribution is 0.208. The number of nitrogens with zero attached hydrogens (tertiary/aromatic N) is 1. The summed E-state index contributed by atoms with van der Waals surface area (Å²) in [5, 5.41) is 9.16. The smallest absolute Gasteiger partial charge is 0.241 e. The zero-order chi connectivity index (χ0) is 15.5.